The van der Waals surface area contributed by atoms with Crippen LogP contribution in [0, 0.1) is 17.2 Å². The van der Waals surface area contributed by atoms with Crippen molar-refractivity contribution in [1.29, 1.82) is 5.26 Å². The first kappa shape index (κ1) is 15.5. The van der Waals surface area contributed by atoms with Crippen molar-refractivity contribution in [1.82, 2.24) is 4.90 Å². The third-order valence-corrected chi connectivity index (χ3v) is 3.38. The van der Waals surface area contributed by atoms with Crippen LogP contribution in [0.25, 0.3) is 0 Å². The maximum absolute atomic E-state index is 8.97. The number of ether oxygens (including phenoxy) is 1. The van der Waals surface area contributed by atoms with E-state index < -0.39 is 0 Å². The first-order valence-corrected chi connectivity index (χ1v) is 6.75. The zero-order chi connectivity index (χ0) is 14.4. The maximum Gasteiger partial charge on any atom is 0.136 e. The molecule has 0 saturated heterocycles. The van der Waals surface area contributed by atoms with Crippen LogP contribution in [0.1, 0.15) is 38.3 Å². The molecule has 0 fully saturated rings. The van der Waals surface area contributed by atoms with Gasteiger partial charge in [0, 0.05) is 12.6 Å². The molecule has 0 bridgehead atoms. The predicted octanol–water partition coefficient (Wildman–Crippen LogP) is 3.43. The molecule has 0 spiro atoms. The first-order chi connectivity index (χ1) is 8.97. The van der Waals surface area contributed by atoms with Crippen molar-refractivity contribution in [3.63, 3.8) is 0 Å². The van der Waals surface area contributed by atoms with Crippen LogP contribution in [0.3, 0.4) is 0 Å². The highest BCUT2D eigenvalue weighted by Gasteiger charge is 2.12. The molecule has 0 amide bonds. The molecule has 104 valence electrons. The van der Waals surface area contributed by atoms with Crippen LogP contribution >= 0.6 is 0 Å². The smallest absolute Gasteiger partial charge is 0.136 e. The van der Waals surface area contributed by atoms with Gasteiger partial charge < -0.3 is 4.74 Å². The van der Waals surface area contributed by atoms with Gasteiger partial charge in [-0.3, -0.25) is 4.90 Å². The second kappa shape index (κ2) is 7.16. The van der Waals surface area contributed by atoms with Gasteiger partial charge in [0.15, 0.2) is 0 Å². The largest absolute Gasteiger partial charge is 0.495 e. The second-order valence-electron chi connectivity index (χ2n) is 5.54. The molecule has 0 aromatic heterocycles. The van der Waals surface area contributed by atoms with Gasteiger partial charge in [0.25, 0.3) is 0 Å². The Hall–Kier alpha value is -1.53. The zero-order valence-electron chi connectivity index (χ0n) is 12.6. The maximum atomic E-state index is 8.97. The molecule has 1 rings (SSSR count). The molecule has 3 heteroatoms. The number of nitriles is 1. The molecule has 1 aromatic carbocycles. The average Bonchev–Trinajstić information content (AvgIpc) is 2.37. The van der Waals surface area contributed by atoms with E-state index in [1.807, 2.05) is 18.2 Å². The molecule has 0 radical (unpaired) electrons. The van der Waals surface area contributed by atoms with Gasteiger partial charge in [0.2, 0.25) is 0 Å². The van der Waals surface area contributed by atoms with Crippen molar-refractivity contribution in [3.05, 3.63) is 29.3 Å². The van der Waals surface area contributed by atoms with Gasteiger partial charge in [-0.1, -0.05) is 19.9 Å². The highest BCUT2D eigenvalue weighted by Crippen LogP contribution is 2.21. The van der Waals surface area contributed by atoms with Crippen LogP contribution in [0.4, 0.5) is 0 Å². The number of hydrogen-bond acceptors (Lipinski definition) is 3. The zero-order valence-corrected chi connectivity index (χ0v) is 12.6. The Morgan fingerprint density at radius 1 is 1.32 bits per heavy atom. The molecule has 19 heavy (non-hydrogen) atoms. The van der Waals surface area contributed by atoms with E-state index in [0.717, 1.165) is 6.54 Å². The normalized spacial score (nSPS) is 12.5. The van der Waals surface area contributed by atoms with E-state index in [1.54, 1.807) is 7.11 Å². The monoisotopic (exact) mass is 260 g/mol. The third kappa shape index (κ3) is 4.57. The molecule has 0 aliphatic heterocycles. The molecule has 3 nitrogen and oxygen atoms in total. The summed E-state index contributed by atoms with van der Waals surface area (Å²) in [6.45, 7) is 7.61. The standard InChI is InChI=1S/C16H24N2O/c1-12(2)8-13(3)18(4)11-14-6-7-15(10-17)16(9-14)19-5/h6-7,9,12-13H,8,11H2,1-5H3. The summed E-state index contributed by atoms with van der Waals surface area (Å²) in [5, 5.41) is 8.97. The molecule has 0 aliphatic rings. The van der Waals surface area contributed by atoms with E-state index in [4.69, 9.17) is 10.00 Å². The summed E-state index contributed by atoms with van der Waals surface area (Å²) in [5.74, 6) is 1.36. The highest BCUT2D eigenvalue weighted by atomic mass is 16.5. The Labute approximate surface area is 116 Å². The Morgan fingerprint density at radius 2 is 2.00 bits per heavy atom. The van der Waals surface area contributed by atoms with Crippen LogP contribution < -0.4 is 4.74 Å². The second-order valence-corrected chi connectivity index (χ2v) is 5.54. The quantitative estimate of drug-likeness (QED) is 0.786. The van der Waals surface area contributed by atoms with Crippen molar-refractivity contribution in [3.8, 4) is 11.8 Å². The van der Waals surface area contributed by atoms with Gasteiger partial charge in [-0.15, -0.1) is 0 Å². The number of benzene rings is 1. The van der Waals surface area contributed by atoms with Crippen LogP contribution in [0.5, 0.6) is 5.75 Å². The van der Waals surface area contributed by atoms with Gasteiger partial charge in [0.1, 0.15) is 11.8 Å². The minimum absolute atomic E-state index is 0.543. The van der Waals surface area contributed by atoms with Crippen molar-refractivity contribution < 1.29 is 4.74 Å². The predicted molar refractivity (Wildman–Crippen MR) is 78.1 cm³/mol. The Balaban J connectivity index is 2.74. The lowest BCUT2D eigenvalue weighted by molar-refractivity contribution is 0.220. The van der Waals surface area contributed by atoms with E-state index in [-0.39, 0.29) is 0 Å². The summed E-state index contributed by atoms with van der Waals surface area (Å²) in [7, 11) is 3.74. The lowest BCUT2D eigenvalue weighted by atomic mass is 10.0. The van der Waals surface area contributed by atoms with Crippen LogP contribution in [0.15, 0.2) is 18.2 Å². The van der Waals surface area contributed by atoms with E-state index in [1.165, 1.54) is 12.0 Å². The summed E-state index contributed by atoms with van der Waals surface area (Å²) in [6.07, 6.45) is 1.18. The molecule has 0 saturated carbocycles. The van der Waals surface area contributed by atoms with E-state index in [2.05, 4.69) is 38.8 Å². The summed E-state index contributed by atoms with van der Waals surface area (Å²) < 4.78 is 5.24. The van der Waals surface area contributed by atoms with Gasteiger partial charge >= 0.3 is 0 Å². The van der Waals surface area contributed by atoms with E-state index >= 15 is 0 Å². The topological polar surface area (TPSA) is 36.3 Å². The Morgan fingerprint density at radius 3 is 2.53 bits per heavy atom. The van der Waals surface area contributed by atoms with Crippen molar-refractivity contribution >= 4 is 0 Å². The van der Waals surface area contributed by atoms with Gasteiger partial charge in [-0.05, 0) is 44.0 Å². The first-order valence-electron chi connectivity index (χ1n) is 6.75. The number of methoxy groups -OCH3 is 1. The van der Waals surface area contributed by atoms with Gasteiger partial charge in [-0.2, -0.15) is 5.26 Å². The molecule has 1 aromatic rings. The van der Waals surface area contributed by atoms with Gasteiger partial charge in [-0.25, -0.2) is 0 Å². The van der Waals surface area contributed by atoms with Crippen LogP contribution in [-0.4, -0.2) is 25.1 Å². The molecule has 1 atom stereocenters. The molecule has 0 heterocycles. The van der Waals surface area contributed by atoms with Crippen molar-refractivity contribution in [2.45, 2.75) is 39.8 Å². The van der Waals surface area contributed by atoms with Crippen molar-refractivity contribution in [2.75, 3.05) is 14.2 Å². The number of hydrogen-bond donors (Lipinski definition) is 0. The molecular formula is C16H24N2O. The summed E-state index contributed by atoms with van der Waals surface area (Å²) in [5.41, 5.74) is 1.76. The SMILES string of the molecule is COc1cc(CN(C)C(C)CC(C)C)ccc1C#N. The van der Waals surface area contributed by atoms with Gasteiger partial charge in [0.05, 0.1) is 12.7 Å². The minimum Gasteiger partial charge on any atom is -0.495 e. The Bertz CT molecular complexity index is 449. The van der Waals surface area contributed by atoms with E-state index in [0.29, 0.717) is 23.3 Å². The fourth-order valence-electron chi connectivity index (χ4n) is 2.23. The molecule has 0 N–H and O–H groups in total. The van der Waals surface area contributed by atoms with Crippen molar-refractivity contribution in [2.24, 2.45) is 5.92 Å². The lowest BCUT2D eigenvalue weighted by Gasteiger charge is -2.26. The Kier molecular flexibility index (Phi) is 5.85. The average molecular weight is 260 g/mol. The number of nitrogens with zero attached hydrogens (tertiary/aromatic N) is 2. The third-order valence-electron chi connectivity index (χ3n) is 3.38. The molecule has 1 unspecified atom stereocenters. The van der Waals surface area contributed by atoms with Crippen LogP contribution in [-0.2, 0) is 6.54 Å². The number of rotatable bonds is 6. The molecule has 0 aliphatic carbocycles. The van der Waals surface area contributed by atoms with E-state index in [9.17, 15) is 0 Å². The summed E-state index contributed by atoms with van der Waals surface area (Å²) >= 11 is 0. The lowest BCUT2D eigenvalue weighted by Crippen LogP contribution is -2.29. The summed E-state index contributed by atoms with van der Waals surface area (Å²) in [4.78, 5) is 2.33. The fourth-order valence-corrected chi connectivity index (χ4v) is 2.23. The highest BCUT2D eigenvalue weighted by molar-refractivity contribution is 5.45. The van der Waals surface area contributed by atoms with Crippen LogP contribution in [0.2, 0.25) is 0 Å². The minimum atomic E-state index is 0.543. The summed E-state index contributed by atoms with van der Waals surface area (Å²) in [6, 6.07) is 8.46. The molecular weight excluding hydrogens is 236 g/mol. The fraction of sp³-hybridized carbons (Fsp3) is 0.562.